The maximum atomic E-state index is 13.7. The van der Waals surface area contributed by atoms with E-state index in [1.54, 1.807) is 12.1 Å². The second kappa shape index (κ2) is 36.9. The summed E-state index contributed by atoms with van der Waals surface area (Å²) in [5.74, 6) is -3.39. The Kier molecular flexibility index (Phi) is 27.4. The van der Waals surface area contributed by atoms with E-state index >= 15 is 0 Å². The molecule has 6 N–H and O–H groups in total. The van der Waals surface area contributed by atoms with Crippen LogP contribution in [-0.4, -0.2) is 198 Å². The SMILES string of the molecule is CCN(CC)c1ccc2c(c1)Oc1cc(N(CC)CC)ccc1C2c1ccc(S(=O)(=O)NCCOCCOCCOCCn2nnc3/c2=c2/cccc/c2=c2\nnn(Cc4ccc(C(=O)NCCOCCOCCCCCCOC(=O)C(=O)[C@@H](N)CC(=O)O)cc4)\c2=c2/cccc/c2=3)cc1S(=O)(=O)O. The lowest BCUT2D eigenvalue weighted by Gasteiger charge is -2.32. The van der Waals surface area contributed by atoms with Gasteiger partial charge in [-0.3, -0.25) is 18.9 Å². The van der Waals surface area contributed by atoms with Crippen LogP contribution in [0, 0.1) is 42.3 Å². The molecule has 2 aliphatic rings. The van der Waals surface area contributed by atoms with Gasteiger partial charge in [-0.1, -0.05) is 95.7 Å². The Bertz CT molecular complexity index is 4920. The van der Waals surface area contributed by atoms with Crippen molar-refractivity contribution in [2.45, 2.75) is 94.6 Å². The number of esters is 1. The van der Waals surface area contributed by atoms with E-state index in [9.17, 15) is 40.6 Å². The number of unbranched alkanes of at least 4 members (excludes halogenated alkanes) is 3. The highest BCUT2D eigenvalue weighted by atomic mass is 32.2. The van der Waals surface area contributed by atoms with Gasteiger partial charge in [0.2, 0.25) is 10.0 Å². The monoisotopic (exact) mass is 1470 g/mol. The van der Waals surface area contributed by atoms with Gasteiger partial charge in [0.15, 0.2) is 0 Å². The van der Waals surface area contributed by atoms with Crippen molar-refractivity contribution in [3.8, 4) is 11.5 Å². The number of Topliss-reactive ketones (excluding diaryl/α,β-unsaturated/α-hetero) is 1. The lowest BCUT2D eigenvalue weighted by Crippen LogP contribution is -2.38. The smallest absolute Gasteiger partial charge is 0.376 e. The van der Waals surface area contributed by atoms with Crippen LogP contribution in [0.5, 0.6) is 11.5 Å². The van der Waals surface area contributed by atoms with Crippen LogP contribution >= 0.6 is 0 Å². The number of fused-ring (bicyclic) bond motifs is 6. The highest BCUT2D eigenvalue weighted by molar-refractivity contribution is 7.89. The number of nitrogens with one attached hydrogen (secondary N) is 2. The summed E-state index contributed by atoms with van der Waals surface area (Å²) in [6.07, 6.45) is 2.22. The number of amides is 1. The molecule has 2 aromatic heterocycles. The van der Waals surface area contributed by atoms with Crippen molar-refractivity contribution in [1.29, 1.82) is 0 Å². The van der Waals surface area contributed by atoms with Crippen LogP contribution in [0.1, 0.15) is 98.3 Å². The number of nitrogens with zero attached hydrogens (tertiary/aromatic N) is 8. The molecule has 554 valence electrons. The lowest BCUT2D eigenvalue weighted by atomic mass is 9.82. The van der Waals surface area contributed by atoms with Gasteiger partial charge < -0.3 is 59.1 Å². The number of anilines is 2. The molecule has 1 aliphatic heterocycles. The van der Waals surface area contributed by atoms with Crippen molar-refractivity contribution in [3.05, 3.63) is 197 Å². The van der Waals surface area contributed by atoms with Crippen molar-refractivity contribution >= 4 is 55.1 Å². The Hall–Kier alpha value is -9.34. The van der Waals surface area contributed by atoms with Gasteiger partial charge >= 0.3 is 11.9 Å². The first-order valence-electron chi connectivity index (χ1n) is 34.9. The van der Waals surface area contributed by atoms with E-state index in [1.165, 1.54) is 12.1 Å². The number of carboxylic acids is 1. The van der Waals surface area contributed by atoms with E-state index in [4.69, 9.17) is 54.2 Å². The number of hydrogen-bond donors (Lipinski definition) is 5. The Balaban J connectivity index is 0.670. The first kappa shape index (κ1) is 77.3. The van der Waals surface area contributed by atoms with E-state index in [0.717, 1.165) is 100 Å². The maximum Gasteiger partial charge on any atom is 0.376 e. The second-order valence-corrected chi connectivity index (χ2v) is 27.7. The summed E-state index contributed by atoms with van der Waals surface area (Å²) >= 11 is 0. The number of carboxylic acid groups (broad SMARTS) is 1. The van der Waals surface area contributed by atoms with Crippen molar-refractivity contribution in [3.63, 3.8) is 0 Å². The molecule has 0 bridgehead atoms. The highest BCUT2D eigenvalue weighted by Crippen LogP contribution is 2.51. The zero-order valence-corrected chi connectivity index (χ0v) is 60.4. The fourth-order valence-corrected chi connectivity index (χ4v) is 14.4. The van der Waals surface area contributed by atoms with Crippen LogP contribution in [0.4, 0.5) is 11.4 Å². The highest BCUT2D eigenvalue weighted by Gasteiger charge is 2.35. The minimum Gasteiger partial charge on any atom is -0.481 e. The third kappa shape index (κ3) is 19.3. The molecular weight excluding hydrogens is 1380 g/mol. The predicted octanol–water partition coefficient (Wildman–Crippen LogP) is 6.87. The van der Waals surface area contributed by atoms with E-state index in [0.29, 0.717) is 91.4 Å². The number of aliphatic carboxylic acids is 1. The average Bonchev–Trinajstić information content (AvgIpc) is 1.14. The Morgan fingerprint density at radius 1 is 0.577 bits per heavy atom. The number of ether oxygens (including phenoxy) is 7. The van der Waals surface area contributed by atoms with Gasteiger partial charge in [-0.05, 0) is 94.5 Å². The Labute approximate surface area is 602 Å². The molecule has 0 fully saturated rings. The largest absolute Gasteiger partial charge is 0.481 e. The molecule has 3 heterocycles. The first-order chi connectivity index (χ1) is 50.3. The number of ketones is 1. The summed E-state index contributed by atoms with van der Waals surface area (Å²) < 4.78 is 111. The van der Waals surface area contributed by atoms with Gasteiger partial charge in [0.25, 0.3) is 21.8 Å². The number of carbonyl (C=O) groups is 4. The fraction of sp³-hybridized carbons (Fsp3) is 0.405. The minimum absolute atomic E-state index is 0.0115. The van der Waals surface area contributed by atoms with E-state index in [2.05, 4.69) is 58.0 Å². The molecular formula is C74H89N11O17S2. The molecule has 1 atom stereocenters. The summed E-state index contributed by atoms with van der Waals surface area (Å²) in [7, 11) is -9.25. The molecule has 1 aliphatic carbocycles. The third-order valence-corrected chi connectivity index (χ3v) is 20.2. The second-order valence-electron chi connectivity index (χ2n) is 24.6. The molecule has 8 aromatic rings. The molecule has 10 rings (SSSR count). The zero-order chi connectivity index (χ0) is 73.8. The number of hydrogen-bond acceptors (Lipinski definition) is 22. The van der Waals surface area contributed by atoms with Crippen molar-refractivity contribution in [1.82, 2.24) is 40.0 Å². The normalized spacial score (nSPS) is 14.1. The quantitative estimate of drug-likeness (QED) is 0.0113. The van der Waals surface area contributed by atoms with E-state index < -0.39 is 61.1 Å². The molecule has 30 heteroatoms. The average molecular weight is 1470 g/mol. The van der Waals surface area contributed by atoms with Gasteiger partial charge in [0.05, 0.1) is 112 Å². The van der Waals surface area contributed by atoms with Crippen LogP contribution < -0.4 is 30.3 Å². The standard InChI is InChI=1S/C74H89N11O17S2/c1-5-82(6-2)52-25-28-59-63(45-52)102-64-46-53(83(7-3)8-4)26-29-60(64)67(59)61-30-27-54(47-65(61)104(93,94)95)103(91,92)77-32-37-98-41-43-100-44-42-99-38-33-84-70-57-19-13-11-17-55(57)69-71(58-20-14-12-18-56(58)68(70)78-80-84)85(81-79-69)49-50-21-23-51(24-22-50)73(89)76-31-36-97-40-39-96-34-15-9-10-16-35-101-74(90)72(88)62(75)48-66(86)87/h11-14,17-30,45-47,62,67,77H,5-10,15-16,31-44,48-49,75H2,1-4H3,(H,76,89)(H,86,87)(H,93,94,95)/b68-56+,69-55+,70-57+,71-58+/t62-/m0/s1. The van der Waals surface area contributed by atoms with Gasteiger partial charge in [-0.15, -0.1) is 10.2 Å². The topological polar surface area (TPSA) is 360 Å². The van der Waals surface area contributed by atoms with Crippen molar-refractivity contribution < 1.29 is 78.8 Å². The Morgan fingerprint density at radius 2 is 1.08 bits per heavy atom. The summed E-state index contributed by atoms with van der Waals surface area (Å²) in [5.41, 5.74) is 10.2. The number of rotatable bonds is 42. The molecule has 0 saturated carbocycles. The number of nitrogens with two attached hydrogens (primary N) is 1. The van der Waals surface area contributed by atoms with Gasteiger partial charge in [0, 0.05) is 113 Å². The number of aromatic nitrogens is 6. The molecule has 0 unspecified atom stereocenters. The molecule has 0 radical (unpaired) electrons. The molecule has 6 aromatic carbocycles. The van der Waals surface area contributed by atoms with Crippen molar-refractivity contribution in [2.75, 3.05) is 122 Å². The van der Waals surface area contributed by atoms with Gasteiger partial charge in [0.1, 0.15) is 22.2 Å². The summed E-state index contributed by atoms with van der Waals surface area (Å²) in [4.78, 5) is 50.8. The third-order valence-electron chi connectivity index (χ3n) is 17.9. The molecule has 0 saturated heterocycles. The summed E-state index contributed by atoms with van der Waals surface area (Å²) in [6, 6.07) is 37.1. The minimum atomic E-state index is -4.96. The summed E-state index contributed by atoms with van der Waals surface area (Å²) in [5, 5.41) is 36.8. The maximum absolute atomic E-state index is 13.7. The van der Waals surface area contributed by atoms with Crippen LogP contribution in [0.15, 0.2) is 137 Å². The number of sulfonamides is 1. The molecule has 0 spiro atoms. The van der Waals surface area contributed by atoms with Gasteiger partial charge in [-0.25, -0.2) is 27.3 Å². The van der Waals surface area contributed by atoms with Gasteiger partial charge in [-0.2, -0.15) is 8.42 Å². The lowest BCUT2D eigenvalue weighted by molar-refractivity contribution is -0.155. The number of carbonyl (C=O) groups excluding carboxylic acids is 3. The van der Waals surface area contributed by atoms with Crippen molar-refractivity contribution in [2.24, 2.45) is 5.73 Å². The Morgan fingerprint density at radius 3 is 1.63 bits per heavy atom. The van der Waals surface area contributed by atoms with Crippen LogP contribution in [0.2, 0.25) is 0 Å². The first-order valence-corrected chi connectivity index (χ1v) is 37.8. The van der Waals surface area contributed by atoms with Crippen LogP contribution in [0.3, 0.4) is 0 Å². The molecule has 104 heavy (non-hydrogen) atoms. The summed E-state index contributed by atoms with van der Waals surface area (Å²) in [6.45, 7) is 14.9. The van der Waals surface area contributed by atoms with Crippen LogP contribution in [-0.2, 0) is 76.0 Å². The fourth-order valence-electron chi connectivity index (χ4n) is 12.6. The number of benzene rings is 6. The molecule has 1 amide bonds. The zero-order valence-electron chi connectivity index (χ0n) is 58.7. The predicted molar refractivity (Wildman–Crippen MR) is 383 cm³/mol. The molecule has 28 nitrogen and oxygen atoms in total. The van der Waals surface area contributed by atoms with Crippen LogP contribution in [0.25, 0.3) is 0 Å². The van der Waals surface area contributed by atoms with E-state index in [-0.39, 0.29) is 69.2 Å². The van der Waals surface area contributed by atoms with E-state index in [1.807, 2.05) is 106 Å².